The van der Waals surface area contributed by atoms with Gasteiger partial charge in [-0.2, -0.15) is 0 Å². The summed E-state index contributed by atoms with van der Waals surface area (Å²) in [7, 11) is 0. The van der Waals surface area contributed by atoms with Crippen LogP contribution in [0, 0.1) is 5.82 Å². The number of hydrogen-bond acceptors (Lipinski definition) is 3. The fourth-order valence-electron chi connectivity index (χ4n) is 1.46. The molecule has 3 nitrogen and oxygen atoms in total. The normalized spacial score (nSPS) is 12.5. The maximum atomic E-state index is 13.0. The molecule has 0 aliphatic heterocycles. The Morgan fingerprint density at radius 2 is 2.12 bits per heavy atom. The summed E-state index contributed by atoms with van der Waals surface area (Å²) in [6.07, 6.45) is 0.0253. The van der Waals surface area contributed by atoms with E-state index in [1.165, 1.54) is 18.2 Å². The molecule has 1 N–H and O–H groups in total. The van der Waals surface area contributed by atoms with E-state index in [2.05, 4.69) is 0 Å². The highest BCUT2D eigenvalue weighted by Gasteiger charge is 2.10. The molecule has 0 bridgehead atoms. The minimum absolute atomic E-state index is 0.373. The molecule has 4 heteroatoms. The first-order chi connectivity index (χ1) is 8.15. The molecule has 0 radical (unpaired) electrons. The van der Waals surface area contributed by atoms with Crippen LogP contribution >= 0.6 is 0 Å². The molecule has 1 aromatic rings. The Morgan fingerprint density at radius 3 is 2.76 bits per heavy atom. The zero-order chi connectivity index (χ0) is 12.7. The summed E-state index contributed by atoms with van der Waals surface area (Å²) in [5, 5.41) is 9.50. The number of halogens is 1. The number of ether oxygens (including phenoxy) is 2. The molecule has 1 unspecified atom stereocenters. The summed E-state index contributed by atoms with van der Waals surface area (Å²) >= 11 is 0. The Labute approximate surface area is 101 Å². The van der Waals surface area contributed by atoms with Gasteiger partial charge in [-0.15, -0.1) is 0 Å². The summed E-state index contributed by atoms with van der Waals surface area (Å²) in [5.41, 5.74) is 0.474. The van der Waals surface area contributed by atoms with Crippen molar-refractivity contribution in [1.29, 1.82) is 0 Å². The summed E-state index contributed by atoms with van der Waals surface area (Å²) in [6.45, 7) is 5.34. The Morgan fingerprint density at radius 1 is 1.35 bits per heavy atom. The number of rotatable bonds is 7. The maximum Gasteiger partial charge on any atom is 0.125 e. The lowest BCUT2D eigenvalue weighted by atomic mass is 10.1. The Balaban J connectivity index is 2.52. The molecule has 0 amide bonds. The molecule has 0 saturated heterocycles. The monoisotopic (exact) mass is 242 g/mol. The highest BCUT2D eigenvalue weighted by atomic mass is 19.1. The first-order valence-corrected chi connectivity index (χ1v) is 5.83. The fourth-order valence-corrected chi connectivity index (χ4v) is 1.46. The van der Waals surface area contributed by atoms with Gasteiger partial charge in [-0.1, -0.05) is 0 Å². The third-order valence-electron chi connectivity index (χ3n) is 2.32. The standard InChI is InChI=1S/C13H19FO3/c1-3-16-7-4-8-17-13-6-5-11(14)9-12(13)10(2)15/h5-6,9-10,15H,3-4,7-8H2,1-2H3. The van der Waals surface area contributed by atoms with Crippen LogP contribution in [0.4, 0.5) is 4.39 Å². The molecule has 0 saturated carbocycles. The first kappa shape index (κ1) is 13.9. The van der Waals surface area contributed by atoms with Gasteiger partial charge in [-0.3, -0.25) is 0 Å². The summed E-state index contributed by atoms with van der Waals surface area (Å²) in [4.78, 5) is 0. The van der Waals surface area contributed by atoms with Gasteiger partial charge in [0.2, 0.25) is 0 Å². The van der Waals surface area contributed by atoms with Crippen LogP contribution in [0.15, 0.2) is 18.2 Å². The molecule has 1 rings (SSSR count). The van der Waals surface area contributed by atoms with E-state index in [4.69, 9.17) is 9.47 Å². The summed E-state index contributed by atoms with van der Waals surface area (Å²) in [6, 6.07) is 4.16. The minimum atomic E-state index is -0.743. The van der Waals surface area contributed by atoms with Crippen molar-refractivity contribution in [3.05, 3.63) is 29.6 Å². The van der Waals surface area contributed by atoms with Gasteiger partial charge in [0.05, 0.1) is 12.7 Å². The van der Waals surface area contributed by atoms with Crippen LogP contribution in [0.5, 0.6) is 5.75 Å². The third-order valence-corrected chi connectivity index (χ3v) is 2.32. The van der Waals surface area contributed by atoms with Crippen LogP contribution in [-0.4, -0.2) is 24.9 Å². The summed E-state index contributed by atoms with van der Waals surface area (Å²) < 4.78 is 23.7. The van der Waals surface area contributed by atoms with Crippen molar-refractivity contribution >= 4 is 0 Å². The molecule has 0 aliphatic rings. The van der Waals surface area contributed by atoms with Crippen LogP contribution < -0.4 is 4.74 Å². The van der Waals surface area contributed by atoms with Crippen molar-refractivity contribution in [2.45, 2.75) is 26.4 Å². The molecule has 0 aliphatic carbocycles. The SMILES string of the molecule is CCOCCCOc1ccc(F)cc1C(C)O. The fraction of sp³-hybridized carbons (Fsp3) is 0.538. The Hall–Kier alpha value is -1.13. The van der Waals surface area contributed by atoms with Crippen molar-refractivity contribution in [2.24, 2.45) is 0 Å². The quantitative estimate of drug-likeness (QED) is 0.747. The highest BCUT2D eigenvalue weighted by Crippen LogP contribution is 2.25. The van der Waals surface area contributed by atoms with Gasteiger partial charge >= 0.3 is 0 Å². The molecule has 1 atom stereocenters. The molecular weight excluding hydrogens is 223 g/mol. The zero-order valence-electron chi connectivity index (χ0n) is 10.3. The topological polar surface area (TPSA) is 38.7 Å². The molecule has 96 valence electrons. The van der Waals surface area contributed by atoms with Crippen LogP contribution in [-0.2, 0) is 4.74 Å². The molecule has 0 heterocycles. The lowest BCUT2D eigenvalue weighted by Gasteiger charge is -2.13. The Kier molecular flexibility index (Phi) is 5.94. The van der Waals surface area contributed by atoms with Crippen molar-refractivity contribution < 1.29 is 19.0 Å². The van der Waals surface area contributed by atoms with E-state index >= 15 is 0 Å². The van der Waals surface area contributed by atoms with Gasteiger partial charge in [0, 0.05) is 25.2 Å². The smallest absolute Gasteiger partial charge is 0.125 e. The number of benzene rings is 1. The maximum absolute atomic E-state index is 13.0. The highest BCUT2D eigenvalue weighted by molar-refractivity contribution is 5.35. The minimum Gasteiger partial charge on any atom is -0.493 e. The van der Waals surface area contributed by atoms with Gasteiger partial charge < -0.3 is 14.6 Å². The number of hydrogen-bond donors (Lipinski definition) is 1. The van der Waals surface area contributed by atoms with E-state index in [1.807, 2.05) is 6.92 Å². The third kappa shape index (κ3) is 4.71. The lowest BCUT2D eigenvalue weighted by Crippen LogP contribution is -2.05. The van der Waals surface area contributed by atoms with Gasteiger partial charge in [0.25, 0.3) is 0 Å². The second-order valence-corrected chi connectivity index (χ2v) is 3.76. The average molecular weight is 242 g/mol. The van der Waals surface area contributed by atoms with Crippen LogP contribution in [0.3, 0.4) is 0 Å². The van der Waals surface area contributed by atoms with Crippen molar-refractivity contribution in [3.63, 3.8) is 0 Å². The van der Waals surface area contributed by atoms with Crippen LogP contribution in [0.1, 0.15) is 31.9 Å². The molecule has 0 fully saturated rings. The zero-order valence-corrected chi connectivity index (χ0v) is 10.3. The van der Waals surface area contributed by atoms with E-state index in [1.54, 1.807) is 6.92 Å². The predicted octanol–water partition coefficient (Wildman–Crippen LogP) is 2.68. The van der Waals surface area contributed by atoms with Gasteiger partial charge in [-0.25, -0.2) is 4.39 Å². The largest absolute Gasteiger partial charge is 0.493 e. The van der Waals surface area contributed by atoms with E-state index in [0.29, 0.717) is 31.1 Å². The second-order valence-electron chi connectivity index (χ2n) is 3.76. The molecular formula is C13H19FO3. The number of aliphatic hydroxyl groups is 1. The van der Waals surface area contributed by atoms with Gasteiger partial charge in [0.1, 0.15) is 11.6 Å². The van der Waals surface area contributed by atoms with Gasteiger partial charge in [-0.05, 0) is 32.0 Å². The average Bonchev–Trinajstić information content (AvgIpc) is 2.30. The lowest BCUT2D eigenvalue weighted by molar-refractivity contribution is 0.129. The van der Waals surface area contributed by atoms with E-state index < -0.39 is 6.10 Å². The molecule has 0 aromatic heterocycles. The second kappa shape index (κ2) is 7.25. The molecule has 17 heavy (non-hydrogen) atoms. The van der Waals surface area contributed by atoms with Crippen molar-refractivity contribution in [2.75, 3.05) is 19.8 Å². The van der Waals surface area contributed by atoms with Crippen molar-refractivity contribution in [3.8, 4) is 5.75 Å². The van der Waals surface area contributed by atoms with E-state index in [0.717, 1.165) is 6.42 Å². The van der Waals surface area contributed by atoms with Crippen molar-refractivity contribution in [1.82, 2.24) is 0 Å². The predicted molar refractivity (Wildman–Crippen MR) is 63.6 cm³/mol. The molecule has 1 aromatic carbocycles. The molecule has 0 spiro atoms. The summed E-state index contributed by atoms with van der Waals surface area (Å²) in [5.74, 6) is 0.153. The van der Waals surface area contributed by atoms with Crippen LogP contribution in [0.25, 0.3) is 0 Å². The van der Waals surface area contributed by atoms with Gasteiger partial charge in [0.15, 0.2) is 0 Å². The van der Waals surface area contributed by atoms with E-state index in [-0.39, 0.29) is 5.82 Å². The number of aliphatic hydroxyl groups excluding tert-OH is 1. The first-order valence-electron chi connectivity index (χ1n) is 5.83. The van der Waals surface area contributed by atoms with E-state index in [9.17, 15) is 9.50 Å². The Bertz CT molecular complexity index is 339. The van der Waals surface area contributed by atoms with Crippen LogP contribution in [0.2, 0.25) is 0 Å².